The Labute approximate surface area is 104 Å². The SMILES string of the molecule is CC1Nc2cccc(Br)c2N(C(C)C)C1=O. The zero-order valence-corrected chi connectivity index (χ0v) is 11.2. The minimum absolute atomic E-state index is 0.120. The van der Waals surface area contributed by atoms with Crippen molar-refractivity contribution in [3.8, 4) is 0 Å². The van der Waals surface area contributed by atoms with Crippen molar-refractivity contribution >= 4 is 33.2 Å². The molecule has 0 bridgehead atoms. The summed E-state index contributed by atoms with van der Waals surface area (Å²) in [4.78, 5) is 14.0. The molecule has 1 aromatic carbocycles. The van der Waals surface area contributed by atoms with E-state index >= 15 is 0 Å². The summed E-state index contributed by atoms with van der Waals surface area (Å²) in [7, 11) is 0. The van der Waals surface area contributed by atoms with E-state index < -0.39 is 0 Å². The van der Waals surface area contributed by atoms with E-state index in [9.17, 15) is 4.79 Å². The number of hydrogen-bond donors (Lipinski definition) is 1. The van der Waals surface area contributed by atoms with Crippen LogP contribution in [0.15, 0.2) is 22.7 Å². The highest BCUT2D eigenvalue weighted by Crippen LogP contribution is 2.38. The smallest absolute Gasteiger partial charge is 0.249 e. The van der Waals surface area contributed by atoms with Crippen LogP contribution in [0.1, 0.15) is 20.8 Å². The molecule has 1 heterocycles. The number of nitrogens with zero attached hydrogens (tertiary/aromatic N) is 1. The lowest BCUT2D eigenvalue weighted by Gasteiger charge is -2.37. The topological polar surface area (TPSA) is 32.3 Å². The number of rotatable bonds is 1. The van der Waals surface area contributed by atoms with Gasteiger partial charge in [0.25, 0.3) is 0 Å². The molecular weight excluding hydrogens is 268 g/mol. The number of carbonyl (C=O) groups is 1. The van der Waals surface area contributed by atoms with E-state index in [0.717, 1.165) is 15.8 Å². The molecule has 1 aromatic rings. The largest absolute Gasteiger partial charge is 0.372 e. The molecule has 1 amide bonds. The average molecular weight is 283 g/mol. The number of hydrogen-bond acceptors (Lipinski definition) is 2. The van der Waals surface area contributed by atoms with Crippen LogP contribution >= 0.6 is 15.9 Å². The van der Waals surface area contributed by atoms with Gasteiger partial charge in [0.1, 0.15) is 6.04 Å². The van der Waals surface area contributed by atoms with Crippen LogP contribution in [0, 0.1) is 0 Å². The minimum atomic E-state index is -0.163. The monoisotopic (exact) mass is 282 g/mol. The molecule has 0 fully saturated rings. The van der Waals surface area contributed by atoms with Crippen molar-refractivity contribution in [1.82, 2.24) is 0 Å². The summed E-state index contributed by atoms with van der Waals surface area (Å²) in [6, 6.07) is 5.92. The van der Waals surface area contributed by atoms with Crippen LogP contribution in [0.5, 0.6) is 0 Å². The highest BCUT2D eigenvalue weighted by molar-refractivity contribution is 9.10. The van der Waals surface area contributed by atoms with Crippen LogP contribution in [0.4, 0.5) is 11.4 Å². The molecule has 2 rings (SSSR count). The summed E-state index contributed by atoms with van der Waals surface area (Å²) >= 11 is 3.50. The van der Waals surface area contributed by atoms with Gasteiger partial charge in [0.15, 0.2) is 0 Å². The first-order valence-corrected chi connectivity index (χ1v) is 6.19. The molecule has 1 aliphatic rings. The maximum Gasteiger partial charge on any atom is 0.249 e. The quantitative estimate of drug-likeness (QED) is 0.859. The first kappa shape index (κ1) is 11.5. The third-order valence-electron chi connectivity index (χ3n) is 2.72. The molecule has 1 N–H and O–H groups in total. The number of amides is 1. The first-order chi connectivity index (χ1) is 7.52. The molecule has 3 nitrogen and oxygen atoms in total. The summed E-state index contributed by atoms with van der Waals surface area (Å²) < 4.78 is 0.950. The Morgan fingerprint density at radius 2 is 2.12 bits per heavy atom. The Hall–Kier alpha value is -1.03. The molecule has 1 aliphatic heterocycles. The second kappa shape index (κ2) is 4.09. The molecule has 4 heteroatoms. The molecular formula is C12H15BrN2O. The van der Waals surface area contributed by atoms with Gasteiger partial charge in [-0.15, -0.1) is 0 Å². The fraction of sp³-hybridized carbons (Fsp3) is 0.417. The van der Waals surface area contributed by atoms with Gasteiger partial charge < -0.3 is 10.2 Å². The van der Waals surface area contributed by atoms with Gasteiger partial charge in [-0.25, -0.2) is 0 Å². The summed E-state index contributed by atoms with van der Waals surface area (Å²) in [5.74, 6) is 0.120. The lowest BCUT2D eigenvalue weighted by molar-refractivity contribution is -0.119. The van der Waals surface area contributed by atoms with Crippen LogP contribution < -0.4 is 10.2 Å². The number of nitrogens with one attached hydrogen (secondary N) is 1. The van der Waals surface area contributed by atoms with Crippen LogP contribution in [0.25, 0.3) is 0 Å². The van der Waals surface area contributed by atoms with Crippen molar-refractivity contribution in [1.29, 1.82) is 0 Å². The van der Waals surface area contributed by atoms with Crippen LogP contribution in [-0.2, 0) is 4.79 Å². The van der Waals surface area contributed by atoms with Crippen molar-refractivity contribution in [2.24, 2.45) is 0 Å². The molecule has 0 aromatic heterocycles. The average Bonchev–Trinajstić information content (AvgIpc) is 2.20. The summed E-state index contributed by atoms with van der Waals surface area (Å²) in [5, 5.41) is 3.21. The maximum absolute atomic E-state index is 12.1. The number of benzene rings is 1. The summed E-state index contributed by atoms with van der Waals surface area (Å²) in [6.07, 6.45) is 0. The highest BCUT2D eigenvalue weighted by Gasteiger charge is 2.32. The van der Waals surface area contributed by atoms with Crippen molar-refractivity contribution in [2.45, 2.75) is 32.9 Å². The molecule has 0 saturated carbocycles. The Balaban J connectivity index is 2.58. The number of halogens is 1. The Bertz CT molecular complexity index is 431. The zero-order valence-electron chi connectivity index (χ0n) is 9.62. The minimum Gasteiger partial charge on any atom is -0.372 e. The Morgan fingerprint density at radius 3 is 2.75 bits per heavy atom. The van der Waals surface area contributed by atoms with E-state index in [-0.39, 0.29) is 18.0 Å². The van der Waals surface area contributed by atoms with Gasteiger partial charge in [-0.3, -0.25) is 4.79 Å². The van der Waals surface area contributed by atoms with E-state index in [4.69, 9.17) is 0 Å². The fourth-order valence-electron chi connectivity index (χ4n) is 2.00. The van der Waals surface area contributed by atoms with E-state index in [1.165, 1.54) is 0 Å². The van der Waals surface area contributed by atoms with E-state index in [0.29, 0.717) is 0 Å². The third kappa shape index (κ3) is 1.71. The summed E-state index contributed by atoms with van der Waals surface area (Å²) in [6.45, 7) is 5.94. The van der Waals surface area contributed by atoms with Gasteiger partial charge in [-0.1, -0.05) is 6.07 Å². The maximum atomic E-state index is 12.1. The summed E-state index contributed by atoms with van der Waals surface area (Å²) in [5.41, 5.74) is 1.95. The van der Waals surface area contributed by atoms with Crippen molar-refractivity contribution in [3.63, 3.8) is 0 Å². The fourth-order valence-corrected chi connectivity index (χ4v) is 2.56. The second-order valence-electron chi connectivity index (χ2n) is 4.30. The lowest BCUT2D eigenvalue weighted by Crippen LogP contribution is -2.49. The third-order valence-corrected chi connectivity index (χ3v) is 3.36. The number of carbonyl (C=O) groups excluding carboxylic acids is 1. The van der Waals surface area contributed by atoms with Gasteiger partial charge >= 0.3 is 0 Å². The molecule has 16 heavy (non-hydrogen) atoms. The normalized spacial score (nSPS) is 19.7. The van der Waals surface area contributed by atoms with Gasteiger partial charge in [0.05, 0.1) is 11.4 Å². The Kier molecular flexibility index (Phi) is 2.93. The van der Waals surface area contributed by atoms with E-state index in [1.807, 2.05) is 43.9 Å². The second-order valence-corrected chi connectivity index (χ2v) is 5.16. The number of fused-ring (bicyclic) bond motifs is 1. The van der Waals surface area contributed by atoms with Gasteiger partial charge in [0.2, 0.25) is 5.91 Å². The van der Waals surface area contributed by atoms with Crippen LogP contribution in [-0.4, -0.2) is 18.0 Å². The van der Waals surface area contributed by atoms with Gasteiger partial charge in [-0.05, 0) is 48.8 Å². The van der Waals surface area contributed by atoms with Crippen molar-refractivity contribution in [2.75, 3.05) is 10.2 Å². The zero-order chi connectivity index (χ0) is 11.9. The van der Waals surface area contributed by atoms with Crippen molar-refractivity contribution in [3.05, 3.63) is 22.7 Å². The van der Waals surface area contributed by atoms with Crippen LogP contribution in [0.3, 0.4) is 0 Å². The molecule has 0 aliphatic carbocycles. The number of anilines is 2. The van der Waals surface area contributed by atoms with Gasteiger partial charge in [-0.2, -0.15) is 0 Å². The standard InChI is InChI=1S/C12H15BrN2O/c1-7(2)15-11-9(13)5-4-6-10(11)14-8(3)12(15)16/h4-8,14H,1-3H3. The van der Waals surface area contributed by atoms with Crippen LogP contribution in [0.2, 0.25) is 0 Å². The van der Waals surface area contributed by atoms with Gasteiger partial charge in [0, 0.05) is 10.5 Å². The predicted octanol–water partition coefficient (Wildman–Crippen LogP) is 3.00. The molecule has 0 saturated heterocycles. The highest BCUT2D eigenvalue weighted by atomic mass is 79.9. The van der Waals surface area contributed by atoms with E-state index in [1.54, 1.807) is 0 Å². The molecule has 1 atom stereocenters. The molecule has 0 spiro atoms. The van der Waals surface area contributed by atoms with Crippen molar-refractivity contribution < 1.29 is 4.79 Å². The Morgan fingerprint density at radius 1 is 1.44 bits per heavy atom. The number of para-hydroxylation sites is 1. The molecule has 86 valence electrons. The first-order valence-electron chi connectivity index (χ1n) is 5.40. The molecule has 0 radical (unpaired) electrons. The lowest BCUT2D eigenvalue weighted by atomic mass is 10.1. The van der Waals surface area contributed by atoms with E-state index in [2.05, 4.69) is 21.2 Å². The predicted molar refractivity (Wildman–Crippen MR) is 69.8 cm³/mol. The molecule has 1 unspecified atom stereocenters.